The number of pyridine rings is 1. The molecule has 3 aromatic carbocycles. The Hall–Kier alpha value is -3.91. The number of fused-ring (bicyclic) bond motifs is 1. The number of anilines is 1. The maximum Gasteiger partial charge on any atom is 0.244 e. The SMILES string of the molecule is CCc1ccc2c(c1)c(=O)c(S(=O)(=O)c1ccc(OC)cc1)cn2CC(=O)Nc1ccccc1C. The van der Waals surface area contributed by atoms with Crippen molar-refractivity contribution >= 4 is 32.3 Å². The standard InChI is InChI=1S/C27H26N2O5S/c1-4-19-9-14-24-22(15-19)27(31)25(35(32,33)21-12-10-20(34-3)11-13-21)16-29(24)17-26(30)28-23-8-6-5-7-18(23)2/h5-16H,4,17H2,1-3H3,(H,28,30). The Kier molecular flexibility index (Phi) is 6.75. The number of benzene rings is 3. The van der Waals surface area contributed by atoms with Crippen molar-refractivity contribution in [3.63, 3.8) is 0 Å². The van der Waals surface area contributed by atoms with Crippen molar-refractivity contribution in [2.24, 2.45) is 0 Å². The van der Waals surface area contributed by atoms with Crippen LogP contribution in [0.4, 0.5) is 5.69 Å². The number of methoxy groups -OCH3 is 1. The summed E-state index contributed by atoms with van der Waals surface area (Å²) < 4.78 is 33.6. The van der Waals surface area contributed by atoms with Crippen LogP contribution in [0.5, 0.6) is 5.75 Å². The van der Waals surface area contributed by atoms with Gasteiger partial charge in [-0.2, -0.15) is 0 Å². The van der Waals surface area contributed by atoms with Crippen molar-refractivity contribution in [3.05, 3.63) is 94.3 Å². The monoisotopic (exact) mass is 490 g/mol. The molecule has 0 aliphatic carbocycles. The molecule has 1 amide bonds. The fourth-order valence-corrected chi connectivity index (χ4v) is 5.27. The van der Waals surface area contributed by atoms with Crippen molar-refractivity contribution in [1.29, 1.82) is 0 Å². The maximum atomic E-state index is 13.5. The molecule has 0 fully saturated rings. The maximum absolute atomic E-state index is 13.5. The summed E-state index contributed by atoms with van der Waals surface area (Å²) in [5.41, 5.74) is 2.36. The summed E-state index contributed by atoms with van der Waals surface area (Å²) in [6.07, 6.45) is 1.94. The lowest BCUT2D eigenvalue weighted by molar-refractivity contribution is -0.116. The minimum Gasteiger partial charge on any atom is -0.497 e. The molecular formula is C27H26N2O5S. The zero-order valence-electron chi connectivity index (χ0n) is 19.7. The first-order valence-corrected chi connectivity index (χ1v) is 12.6. The fraction of sp³-hybridized carbons (Fsp3) is 0.185. The largest absolute Gasteiger partial charge is 0.497 e. The summed E-state index contributed by atoms with van der Waals surface area (Å²) >= 11 is 0. The van der Waals surface area contributed by atoms with Gasteiger partial charge in [-0.25, -0.2) is 8.42 Å². The van der Waals surface area contributed by atoms with Crippen LogP contribution in [0.15, 0.2) is 87.5 Å². The number of aryl methyl sites for hydroxylation is 2. The molecule has 0 aliphatic heterocycles. The van der Waals surface area contributed by atoms with Crippen LogP contribution in [0.25, 0.3) is 10.9 Å². The van der Waals surface area contributed by atoms with E-state index in [-0.39, 0.29) is 27.6 Å². The van der Waals surface area contributed by atoms with Crippen LogP contribution in [0.3, 0.4) is 0 Å². The van der Waals surface area contributed by atoms with Gasteiger partial charge in [-0.3, -0.25) is 9.59 Å². The van der Waals surface area contributed by atoms with Crippen LogP contribution in [0.2, 0.25) is 0 Å². The van der Waals surface area contributed by atoms with Gasteiger partial charge in [0.2, 0.25) is 21.2 Å². The predicted molar refractivity (Wildman–Crippen MR) is 136 cm³/mol. The molecule has 35 heavy (non-hydrogen) atoms. The molecule has 7 nitrogen and oxygen atoms in total. The molecule has 4 rings (SSSR count). The number of hydrogen-bond donors (Lipinski definition) is 1. The normalized spacial score (nSPS) is 11.4. The van der Waals surface area contributed by atoms with Crippen LogP contribution >= 0.6 is 0 Å². The first-order chi connectivity index (χ1) is 16.7. The number of sulfone groups is 1. The molecule has 1 aromatic heterocycles. The molecule has 1 N–H and O–H groups in total. The molecule has 0 bridgehead atoms. The Bertz CT molecular complexity index is 1570. The molecule has 8 heteroatoms. The van der Waals surface area contributed by atoms with E-state index < -0.39 is 15.3 Å². The highest BCUT2D eigenvalue weighted by Crippen LogP contribution is 2.24. The van der Waals surface area contributed by atoms with Gasteiger partial charge < -0.3 is 14.6 Å². The molecule has 0 radical (unpaired) electrons. The molecule has 0 atom stereocenters. The quantitative estimate of drug-likeness (QED) is 0.416. The summed E-state index contributed by atoms with van der Waals surface area (Å²) in [5, 5.41) is 3.11. The van der Waals surface area contributed by atoms with E-state index in [9.17, 15) is 18.0 Å². The molecule has 0 spiro atoms. The topological polar surface area (TPSA) is 94.5 Å². The molecule has 1 heterocycles. The molecular weight excluding hydrogens is 464 g/mol. The fourth-order valence-electron chi connectivity index (χ4n) is 3.90. The van der Waals surface area contributed by atoms with Crippen LogP contribution in [-0.4, -0.2) is 26.0 Å². The van der Waals surface area contributed by atoms with Crippen LogP contribution < -0.4 is 15.5 Å². The highest BCUT2D eigenvalue weighted by atomic mass is 32.2. The van der Waals surface area contributed by atoms with E-state index in [1.165, 1.54) is 42.1 Å². The number of rotatable bonds is 7. The van der Waals surface area contributed by atoms with Crippen LogP contribution in [0.1, 0.15) is 18.1 Å². The Balaban J connectivity index is 1.84. The van der Waals surface area contributed by atoms with E-state index in [0.29, 0.717) is 23.4 Å². The average Bonchev–Trinajstić information content (AvgIpc) is 2.86. The van der Waals surface area contributed by atoms with E-state index >= 15 is 0 Å². The van der Waals surface area contributed by atoms with Crippen LogP contribution in [-0.2, 0) is 27.6 Å². The highest BCUT2D eigenvalue weighted by molar-refractivity contribution is 7.91. The third-order valence-electron chi connectivity index (χ3n) is 5.91. The van der Waals surface area contributed by atoms with Gasteiger partial charge in [0.25, 0.3) is 0 Å². The third kappa shape index (κ3) is 4.83. The van der Waals surface area contributed by atoms with Crippen molar-refractivity contribution in [2.75, 3.05) is 12.4 Å². The van der Waals surface area contributed by atoms with Gasteiger partial charge in [-0.1, -0.05) is 31.2 Å². The van der Waals surface area contributed by atoms with Gasteiger partial charge in [-0.05, 0) is 66.9 Å². The minimum atomic E-state index is -4.15. The lowest BCUT2D eigenvalue weighted by atomic mass is 10.1. The van der Waals surface area contributed by atoms with Gasteiger partial charge in [0.15, 0.2) is 0 Å². The summed E-state index contributed by atoms with van der Waals surface area (Å²) in [6, 6.07) is 18.5. The Morgan fingerprint density at radius 2 is 1.74 bits per heavy atom. The summed E-state index contributed by atoms with van der Waals surface area (Å²) in [7, 11) is -2.67. The number of para-hydroxylation sites is 1. The van der Waals surface area contributed by atoms with Crippen LogP contribution in [0, 0.1) is 6.92 Å². The number of hydrogen-bond acceptors (Lipinski definition) is 5. The predicted octanol–water partition coefficient (Wildman–Crippen LogP) is 4.35. The van der Waals surface area contributed by atoms with E-state index in [2.05, 4.69) is 5.32 Å². The first-order valence-electron chi connectivity index (χ1n) is 11.1. The first kappa shape index (κ1) is 24.2. The van der Waals surface area contributed by atoms with Gasteiger partial charge in [-0.15, -0.1) is 0 Å². The minimum absolute atomic E-state index is 0.0303. The number of carbonyl (C=O) groups excluding carboxylic acids is 1. The average molecular weight is 491 g/mol. The summed E-state index contributed by atoms with van der Waals surface area (Å²) in [5.74, 6) is 0.164. The van der Waals surface area contributed by atoms with Gasteiger partial charge >= 0.3 is 0 Å². The lowest BCUT2D eigenvalue weighted by Gasteiger charge is -2.15. The molecule has 0 unspecified atom stereocenters. The van der Waals surface area contributed by atoms with Gasteiger partial charge in [0.05, 0.1) is 17.5 Å². The van der Waals surface area contributed by atoms with Crippen molar-refractivity contribution in [1.82, 2.24) is 4.57 Å². The Labute approximate surface area is 203 Å². The van der Waals surface area contributed by atoms with Crippen molar-refractivity contribution in [3.8, 4) is 5.75 Å². The zero-order valence-corrected chi connectivity index (χ0v) is 20.6. The molecule has 180 valence electrons. The van der Waals surface area contributed by atoms with Crippen molar-refractivity contribution < 1.29 is 17.9 Å². The van der Waals surface area contributed by atoms with Gasteiger partial charge in [0.1, 0.15) is 17.2 Å². The van der Waals surface area contributed by atoms with Crippen molar-refractivity contribution in [2.45, 2.75) is 36.6 Å². The second-order valence-corrected chi connectivity index (χ2v) is 10.1. The molecule has 4 aromatic rings. The van der Waals surface area contributed by atoms with E-state index in [4.69, 9.17) is 4.74 Å². The number of amides is 1. The Morgan fingerprint density at radius 1 is 1.03 bits per heavy atom. The molecule has 0 saturated heterocycles. The highest BCUT2D eigenvalue weighted by Gasteiger charge is 2.24. The smallest absolute Gasteiger partial charge is 0.244 e. The van der Waals surface area contributed by atoms with E-state index in [0.717, 1.165) is 11.1 Å². The number of carbonyl (C=O) groups is 1. The number of ether oxygens (including phenoxy) is 1. The number of nitrogens with zero attached hydrogens (tertiary/aromatic N) is 1. The summed E-state index contributed by atoms with van der Waals surface area (Å²) in [6.45, 7) is 3.67. The number of aromatic nitrogens is 1. The van der Waals surface area contributed by atoms with E-state index in [1.54, 1.807) is 18.2 Å². The number of nitrogens with one attached hydrogen (secondary N) is 1. The molecule has 0 aliphatic rings. The van der Waals surface area contributed by atoms with E-state index in [1.807, 2.05) is 38.1 Å². The Morgan fingerprint density at radius 3 is 2.40 bits per heavy atom. The second kappa shape index (κ2) is 9.76. The zero-order chi connectivity index (χ0) is 25.2. The lowest BCUT2D eigenvalue weighted by Crippen LogP contribution is -2.24. The molecule has 0 saturated carbocycles. The third-order valence-corrected chi connectivity index (χ3v) is 7.68. The van der Waals surface area contributed by atoms with Gasteiger partial charge in [0, 0.05) is 17.3 Å². The summed E-state index contributed by atoms with van der Waals surface area (Å²) in [4.78, 5) is 25.9. The second-order valence-electron chi connectivity index (χ2n) is 8.20.